The third kappa shape index (κ3) is 3.00. The van der Waals surface area contributed by atoms with E-state index >= 15 is 0 Å². The number of para-hydroxylation sites is 1. The number of furan rings is 1. The van der Waals surface area contributed by atoms with Crippen molar-refractivity contribution in [3.8, 4) is 23.3 Å². The highest BCUT2D eigenvalue weighted by Gasteiger charge is 2.18. The second-order valence-corrected chi connectivity index (χ2v) is 5.90. The number of rotatable bonds is 4. The molecule has 4 aromatic rings. The smallest absolute Gasteiger partial charge is 0.205 e. The summed E-state index contributed by atoms with van der Waals surface area (Å²) in [5, 5.41) is 18.6. The Morgan fingerprint density at radius 1 is 1.00 bits per heavy atom. The number of hydrogen-bond acceptors (Lipinski definition) is 7. The molecule has 3 aromatic heterocycles. The van der Waals surface area contributed by atoms with Crippen molar-refractivity contribution in [2.24, 2.45) is 0 Å². The van der Waals surface area contributed by atoms with Crippen LogP contribution in [0.3, 0.4) is 0 Å². The number of hydrogen-bond donors (Lipinski definition) is 0. The minimum atomic E-state index is 0.269. The maximum Gasteiger partial charge on any atom is 0.205 e. The molecule has 0 N–H and O–H groups in total. The van der Waals surface area contributed by atoms with E-state index in [-0.39, 0.29) is 5.69 Å². The molecule has 7 nitrogen and oxygen atoms in total. The average molecular weight is 346 g/mol. The van der Waals surface area contributed by atoms with Gasteiger partial charge in [0.25, 0.3) is 0 Å². The van der Waals surface area contributed by atoms with Crippen molar-refractivity contribution >= 4 is 11.8 Å². The van der Waals surface area contributed by atoms with Crippen molar-refractivity contribution in [1.29, 1.82) is 5.26 Å². The van der Waals surface area contributed by atoms with Crippen molar-refractivity contribution in [2.45, 2.75) is 10.2 Å². The Hall–Kier alpha value is -3.44. The average Bonchev–Trinajstić information content (AvgIpc) is 3.32. The lowest BCUT2D eigenvalue weighted by Gasteiger charge is -2.08. The van der Waals surface area contributed by atoms with Gasteiger partial charge < -0.3 is 4.42 Å². The molecule has 8 heteroatoms. The van der Waals surface area contributed by atoms with E-state index in [1.807, 2.05) is 47.0 Å². The number of nitriles is 1. The monoisotopic (exact) mass is 346 g/mol. The van der Waals surface area contributed by atoms with E-state index in [1.165, 1.54) is 18.0 Å². The minimum Gasteiger partial charge on any atom is -0.461 e. The van der Waals surface area contributed by atoms with Crippen LogP contribution >= 0.6 is 11.8 Å². The summed E-state index contributed by atoms with van der Waals surface area (Å²) in [5.74, 6) is 1.22. The maximum absolute atomic E-state index is 8.82. The molecule has 0 atom stereocenters. The highest BCUT2D eigenvalue weighted by molar-refractivity contribution is 7.99. The molecule has 0 aliphatic heterocycles. The molecule has 4 rings (SSSR count). The van der Waals surface area contributed by atoms with Crippen LogP contribution in [-0.4, -0.2) is 24.7 Å². The maximum atomic E-state index is 8.82. The first-order valence-electron chi connectivity index (χ1n) is 7.30. The predicted octanol–water partition coefficient (Wildman–Crippen LogP) is 3.34. The molecule has 0 bridgehead atoms. The Morgan fingerprint density at radius 2 is 1.88 bits per heavy atom. The molecular formula is C17H10N6OS. The van der Waals surface area contributed by atoms with Gasteiger partial charge in [-0.2, -0.15) is 5.26 Å². The van der Waals surface area contributed by atoms with Crippen molar-refractivity contribution in [3.05, 3.63) is 66.8 Å². The van der Waals surface area contributed by atoms with E-state index in [4.69, 9.17) is 9.68 Å². The Labute approximate surface area is 147 Å². The molecule has 0 aliphatic rings. The largest absolute Gasteiger partial charge is 0.461 e. The van der Waals surface area contributed by atoms with Crippen LogP contribution in [0.25, 0.3) is 17.3 Å². The molecule has 0 fully saturated rings. The lowest BCUT2D eigenvalue weighted by atomic mass is 10.3. The Balaban J connectivity index is 1.78. The normalized spacial score (nSPS) is 10.5. The number of aromatic nitrogens is 5. The standard InChI is InChI=1S/C17H10N6OS/c18-9-12-10-20-15(11-19-12)25-17-22-21-16(14-7-4-8-24-14)23(17)13-5-2-1-3-6-13/h1-8,10-11H. The molecule has 0 radical (unpaired) electrons. The highest BCUT2D eigenvalue weighted by Crippen LogP contribution is 2.31. The fourth-order valence-corrected chi connectivity index (χ4v) is 2.99. The first-order valence-corrected chi connectivity index (χ1v) is 8.11. The zero-order valence-electron chi connectivity index (χ0n) is 12.8. The third-order valence-corrected chi connectivity index (χ3v) is 4.19. The summed E-state index contributed by atoms with van der Waals surface area (Å²) in [5.41, 5.74) is 1.17. The van der Waals surface area contributed by atoms with Crippen molar-refractivity contribution in [3.63, 3.8) is 0 Å². The summed E-state index contributed by atoms with van der Waals surface area (Å²) in [7, 11) is 0. The summed E-state index contributed by atoms with van der Waals surface area (Å²) in [6.07, 6.45) is 4.57. The molecule has 0 aliphatic carbocycles. The number of nitrogens with zero attached hydrogens (tertiary/aromatic N) is 6. The van der Waals surface area contributed by atoms with E-state index in [9.17, 15) is 0 Å². The zero-order valence-corrected chi connectivity index (χ0v) is 13.6. The van der Waals surface area contributed by atoms with Gasteiger partial charge >= 0.3 is 0 Å². The molecule has 0 saturated carbocycles. The van der Waals surface area contributed by atoms with Gasteiger partial charge in [-0.1, -0.05) is 18.2 Å². The van der Waals surface area contributed by atoms with E-state index in [0.717, 1.165) is 5.69 Å². The molecule has 0 saturated heterocycles. The van der Waals surface area contributed by atoms with Crippen LogP contribution in [-0.2, 0) is 0 Å². The molecular weight excluding hydrogens is 336 g/mol. The van der Waals surface area contributed by atoms with Crippen molar-refractivity contribution in [1.82, 2.24) is 24.7 Å². The van der Waals surface area contributed by atoms with Crippen LogP contribution < -0.4 is 0 Å². The van der Waals surface area contributed by atoms with E-state index < -0.39 is 0 Å². The summed E-state index contributed by atoms with van der Waals surface area (Å²) in [4.78, 5) is 8.26. The Morgan fingerprint density at radius 3 is 2.56 bits per heavy atom. The van der Waals surface area contributed by atoms with Crippen LogP contribution in [0, 0.1) is 11.3 Å². The van der Waals surface area contributed by atoms with Gasteiger partial charge in [-0.05, 0) is 36.0 Å². The van der Waals surface area contributed by atoms with E-state index in [2.05, 4.69) is 20.2 Å². The van der Waals surface area contributed by atoms with E-state index in [1.54, 1.807) is 18.5 Å². The number of benzene rings is 1. The fourth-order valence-electron chi connectivity index (χ4n) is 2.23. The quantitative estimate of drug-likeness (QED) is 0.559. The molecule has 0 amide bonds. The minimum absolute atomic E-state index is 0.269. The second-order valence-electron chi connectivity index (χ2n) is 4.91. The Kier molecular flexibility index (Phi) is 3.98. The summed E-state index contributed by atoms with van der Waals surface area (Å²) in [6.45, 7) is 0. The van der Waals surface area contributed by atoms with Gasteiger partial charge in [0, 0.05) is 5.69 Å². The fraction of sp³-hybridized carbons (Fsp3) is 0. The summed E-state index contributed by atoms with van der Waals surface area (Å²) in [6, 6.07) is 15.3. The van der Waals surface area contributed by atoms with Gasteiger partial charge in [-0.25, -0.2) is 9.97 Å². The van der Waals surface area contributed by atoms with Gasteiger partial charge in [-0.3, -0.25) is 4.57 Å². The van der Waals surface area contributed by atoms with E-state index in [0.29, 0.717) is 21.8 Å². The summed E-state index contributed by atoms with van der Waals surface area (Å²) >= 11 is 1.31. The lowest BCUT2D eigenvalue weighted by Crippen LogP contribution is -1.99. The predicted molar refractivity (Wildman–Crippen MR) is 89.9 cm³/mol. The van der Waals surface area contributed by atoms with Crippen LogP contribution in [0.1, 0.15) is 5.69 Å². The molecule has 25 heavy (non-hydrogen) atoms. The summed E-state index contributed by atoms with van der Waals surface area (Å²) < 4.78 is 7.37. The first-order chi connectivity index (χ1) is 12.3. The molecule has 120 valence electrons. The van der Waals surface area contributed by atoms with Crippen LogP contribution in [0.2, 0.25) is 0 Å². The second kappa shape index (κ2) is 6.59. The van der Waals surface area contributed by atoms with Gasteiger partial charge in [-0.15, -0.1) is 10.2 Å². The van der Waals surface area contributed by atoms with Crippen LogP contribution in [0.15, 0.2) is 75.7 Å². The highest BCUT2D eigenvalue weighted by atomic mass is 32.2. The van der Waals surface area contributed by atoms with Crippen molar-refractivity contribution < 1.29 is 4.42 Å². The van der Waals surface area contributed by atoms with Gasteiger partial charge in [0.15, 0.2) is 11.5 Å². The first kappa shape index (κ1) is 15.1. The van der Waals surface area contributed by atoms with Crippen LogP contribution in [0.5, 0.6) is 0 Å². The topological polar surface area (TPSA) is 93.4 Å². The zero-order chi connectivity index (χ0) is 17.1. The molecule has 0 unspecified atom stereocenters. The molecule has 1 aromatic carbocycles. The lowest BCUT2D eigenvalue weighted by molar-refractivity contribution is 0.575. The SMILES string of the molecule is N#Cc1cnc(Sc2nnc(-c3ccco3)n2-c2ccccc2)cn1. The molecule has 0 spiro atoms. The van der Waals surface area contributed by atoms with Crippen LogP contribution in [0.4, 0.5) is 0 Å². The third-order valence-electron chi connectivity index (χ3n) is 3.33. The van der Waals surface area contributed by atoms with Gasteiger partial charge in [0.05, 0.1) is 18.7 Å². The molecule has 3 heterocycles. The van der Waals surface area contributed by atoms with Crippen molar-refractivity contribution in [2.75, 3.05) is 0 Å². The Bertz CT molecular complexity index is 1020. The van der Waals surface area contributed by atoms with Gasteiger partial charge in [0.2, 0.25) is 11.0 Å². The van der Waals surface area contributed by atoms with Gasteiger partial charge in [0.1, 0.15) is 11.1 Å².